The van der Waals surface area contributed by atoms with Crippen LogP contribution in [0.1, 0.15) is 20.8 Å². The number of hydrogen-bond donors (Lipinski definition) is 0. The van der Waals surface area contributed by atoms with E-state index in [1.54, 1.807) is 0 Å². The van der Waals surface area contributed by atoms with Gasteiger partial charge in [0.2, 0.25) is 0 Å². The first-order valence-electron chi connectivity index (χ1n) is 3.94. The number of hydrogen-bond acceptors (Lipinski definition) is 3. The SMILES string of the molecule is CCN(C)CC(=O)OC(C)C. The predicted octanol–water partition coefficient (Wildman–Crippen LogP) is 0.890. The van der Waals surface area contributed by atoms with Crippen LogP contribution in [0.15, 0.2) is 0 Å². The van der Waals surface area contributed by atoms with Crippen molar-refractivity contribution >= 4 is 5.97 Å². The van der Waals surface area contributed by atoms with Crippen LogP contribution in [0.25, 0.3) is 0 Å². The van der Waals surface area contributed by atoms with Crippen molar-refractivity contribution in [3.8, 4) is 0 Å². The molecule has 0 N–H and O–H groups in total. The fourth-order valence-electron chi connectivity index (χ4n) is 0.632. The number of carbonyl (C=O) groups is 1. The summed E-state index contributed by atoms with van der Waals surface area (Å²) in [5.74, 6) is -0.149. The maximum absolute atomic E-state index is 11.0. The minimum atomic E-state index is -0.149. The zero-order valence-corrected chi connectivity index (χ0v) is 7.76. The van der Waals surface area contributed by atoms with Gasteiger partial charge in [0.15, 0.2) is 0 Å². The molecule has 11 heavy (non-hydrogen) atoms. The molecule has 0 aromatic heterocycles. The van der Waals surface area contributed by atoms with Crippen LogP contribution in [-0.2, 0) is 9.53 Å². The lowest BCUT2D eigenvalue weighted by Gasteiger charge is -2.14. The van der Waals surface area contributed by atoms with Gasteiger partial charge in [-0.15, -0.1) is 0 Å². The van der Waals surface area contributed by atoms with Gasteiger partial charge in [0, 0.05) is 0 Å². The molecule has 0 rings (SSSR count). The third-order valence-electron chi connectivity index (χ3n) is 1.31. The second-order valence-corrected chi connectivity index (χ2v) is 2.87. The van der Waals surface area contributed by atoms with Gasteiger partial charge < -0.3 is 4.74 Å². The Morgan fingerprint density at radius 1 is 1.55 bits per heavy atom. The van der Waals surface area contributed by atoms with Crippen LogP contribution in [0.2, 0.25) is 0 Å². The molecule has 0 radical (unpaired) electrons. The Morgan fingerprint density at radius 2 is 2.09 bits per heavy atom. The zero-order valence-electron chi connectivity index (χ0n) is 7.76. The third-order valence-corrected chi connectivity index (χ3v) is 1.31. The average Bonchev–Trinajstić information content (AvgIpc) is 1.85. The molecule has 0 amide bonds. The molecule has 0 aliphatic rings. The molecule has 0 aliphatic carbocycles. The number of esters is 1. The average molecular weight is 159 g/mol. The van der Waals surface area contributed by atoms with E-state index in [4.69, 9.17) is 4.74 Å². The molecule has 0 atom stereocenters. The highest BCUT2D eigenvalue weighted by Gasteiger charge is 2.06. The van der Waals surface area contributed by atoms with Gasteiger partial charge in [-0.2, -0.15) is 0 Å². The molecule has 66 valence electrons. The maximum atomic E-state index is 11.0. The standard InChI is InChI=1S/C8H17NO2/c1-5-9(4)6-8(10)11-7(2)3/h7H,5-6H2,1-4H3. The minimum absolute atomic E-state index is 0.00671. The molecule has 0 bridgehead atoms. The first kappa shape index (κ1) is 10.4. The van der Waals surface area contributed by atoms with Gasteiger partial charge in [0.05, 0.1) is 12.6 Å². The number of likely N-dealkylation sites (N-methyl/N-ethyl adjacent to an activating group) is 1. The van der Waals surface area contributed by atoms with Gasteiger partial charge in [-0.3, -0.25) is 9.69 Å². The van der Waals surface area contributed by atoms with Crippen LogP contribution in [-0.4, -0.2) is 37.1 Å². The summed E-state index contributed by atoms with van der Waals surface area (Å²) in [5, 5.41) is 0. The normalized spacial score (nSPS) is 10.7. The van der Waals surface area contributed by atoms with E-state index in [2.05, 4.69) is 0 Å². The summed E-state index contributed by atoms with van der Waals surface area (Å²) in [6, 6.07) is 0. The van der Waals surface area contributed by atoms with Crippen molar-refractivity contribution in [2.24, 2.45) is 0 Å². The molecule has 3 heteroatoms. The van der Waals surface area contributed by atoms with Crippen LogP contribution >= 0.6 is 0 Å². The van der Waals surface area contributed by atoms with Crippen molar-refractivity contribution < 1.29 is 9.53 Å². The van der Waals surface area contributed by atoms with Gasteiger partial charge in [-0.25, -0.2) is 0 Å². The lowest BCUT2D eigenvalue weighted by molar-refractivity contribution is -0.148. The monoisotopic (exact) mass is 159 g/mol. The molecule has 0 fully saturated rings. The summed E-state index contributed by atoms with van der Waals surface area (Å²) in [6.07, 6.45) is -0.00671. The van der Waals surface area contributed by atoms with Gasteiger partial charge >= 0.3 is 5.97 Å². The zero-order chi connectivity index (χ0) is 8.85. The minimum Gasteiger partial charge on any atom is -0.462 e. The summed E-state index contributed by atoms with van der Waals surface area (Å²) in [6.45, 7) is 6.96. The van der Waals surface area contributed by atoms with Crippen LogP contribution in [0.4, 0.5) is 0 Å². The highest BCUT2D eigenvalue weighted by molar-refractivity contribution is 5.71. The summed E-state index contributed by atoms with van der Waals surface area (Å²) >= 11 is 0. The number of carbonyl (C=O) groups excluding carboxylic acids is 1. The van der Waals surface area contributed by atoms with E-state index in [1.165, 1.54) is 0 Å². The fraction of sp³-hybridized carbons (Fsp3) is 0.875. The fourth-order valence-corrected chi connectivity index (χ4v) is 0.632. The topological polar surface area (TPSA) is 29.5 Å². The number of ether oxygens (including phenoxy) is 1. The highest BCUT2D eigenvalue weighted by Crippen LogP contribution is 1.90. The molecule has 0 saturated heterocycles. The quantitative estimate of drug-likeness (QED) is 0.570. The number of nitrogens with zero attached hydrogens (tertiary/aromatic N) is 1. The van der Waals surface area contributed by atoms with Crippen molar-refractivity contribution in [1.82, 2.24) is 4.90 Å². The van der Waals surface area contributed by atoms with Crippen LogP contribution in [0, 0.1) is 0 Å². The molecule has 0 heterocycles. The Hall–Kier alpha value is -0.570. The molecule has 3 nitrogen and oxygen atoms in total. The van der Waals surface area contributed by atoms with Gasteiger partial charge in [-0.05, 0) is 27.4 Å². The van der Waals surface area contributed by atoms with Gasteiger partial charge in [0.1, 0.15) is 0 Å². The van der Waals surface area contributed by atoms with Crippen LogP contribution < -0.4 is 0 Å². The van der Waals surface area contributed by atoms with Gasteiger partial charge in [-0.1, -0.05) is 6.92 Å². The van der Waals surface area contributed by atoms with E-state index < -0.39 is 0 Å². The summed E-state index contributed by atoms with van der Waals surface area (Å²) in [5.41, 5.74) is 0. The van der Waals surface area contributed by atoms with Crippen molar-refractivity contribution in [1.29, 1.82) is 0 Å². The molecule has 0 unspecified atom stereocenters. The van der Waals surface area contributed by atoms with E-state index in [0.717, 1.165) is 6.54 Å². The van der Waals surface area contributed by atoms with Crippen LogP contribution in [0.3, 0.4) is 0 Å². The Morgan fingerprint density at radius 3 is 2.45 bits per heavy atom. The Kier molecular flexibility index (Phi) is 4.86. The predicted molar refractivity (Wildman–Crippen MR) is 44.4 cm³/mol. The third kappa shape index (κ3) is 5.85. The van der Waals surface area contributed by atoms with Crippen molar-refractivity contribution in [3.05, 3.63) is 0 Å². The first-order valence-corrected chi connectivity index (χ1v) is 3.94. The molecule has 0 aromatic carbocycles. The summed E-state index contributed by atoms with van der Waals surface area (Å²) < 4.78 is 4.94. The molecule has 0 spiro atoms. The van der Waals surface area contributed by atoms with Crippen molar-refractivity contribution in [2.45, 2.75) is 26.9 Å². The second kappa shape index (κ2) is 5.13. The van der Waals surface area contributed by atoms with E-state index in [9.17, 15) is 4.79 Å². The molecule has 0 aliphatic heterocycles. The largest absolute Gasteiger partial charge is 0.462 e. The summed E-state index contributed by atoms with van der Waals surface area (Å²) in [7, 11) is 1.89. The van der Waals surface area contributed by atoms with E-state index in [1.807, 2.05) is 32.7 Å². The van der Waals surface area contributed by atoms with Crippen molar-refractivity contribution in [2.75, 3.05) is 20.1 Å². The molecular formula is C8H17NO2. The van der Waals surface area contributed by atoms with Crippen LogP contribution in [0.5, 0.6) is 0 Å². The second-order valence-electron chi connectivity index (χ2n) is 2.87. The van der Waals surface area contributed by atoms with E-state index in [-0.39, 0.29) is 12.1 Å². The smallest absolute Gasteiger partial charge is 0.320 e. The number of rotatable bonds is 4. The van der Waals surface area contributed by atoms with Crippen molar-refractivity contribution in [3.63, 3.8) is 0 Å². The Labute approximate surface area is 68.3 Å². The lowest BCUT2D eigenvalue weighted by atomic mass is 10.4. The Balaban J connectivity index is 3.52. The van der Waals surface area contributed by atoms with E-state index in [0.29, 0.717) is 6.54 Å². The highest BCUT2D eigenvalue weighted by atomic mass is 16.5. The lowest BCUT2D eigenvalue weighted by Crippen LogP contribution is -2.28. The maximum Gasteiger partial charge on any atom is 0.320 e. The first-order chi connectivity index (χ1) is 5.06. The molecule has 0 aromatic rings. The Bertz CT molecular complexity index is 123. The van der Waals surface area contributed by atoms with E-state index >= 15 is 0 Å². The molecular weight excluding hydrogens is 142 g/mol. The summed E-state index contributed by atoms with van der Waals surface area (Å²) in [4.78, 5) is 12.9. The molecule has 0 saturated carbocycles. The van der Waals surface area contributed by atoms with Gasteiger partial charge in [0.25, 0.3) is 0 Å².